The molecule has 0 bridgehead atoms. The first-order valence-electron chi connectivity index (χ1n) is 6.92. The van der Waals surface area contributed by atoms with Crippen molar-refractivity contribution in [3.05, 3.63) is 62.8 Å². The van der Waals surface area contributed by atoms with Crippen LogP contribution in [0.5, 0.6) is 0 Å². The van der Waals surface area contributed by atoms with E-state index in [-0.39, 0.29) is 0 Å². The van der Waals surface area contributed by atoms with Gasteiger partial charge >= 0.3 is 0 Å². The third-order valence-electron chi connectivity index (χ3n) is 3.60. The van der Waals surface area contributed by atoms with Crippen molar-refractivity contribution in [2.45, 2.75) is 12.5 Å². The van der Waals surface area contributed by atoms with Gasteiger partial charge in [-0.3, -0.25) is 10.0 Å². The summed E-state index contributed by atoms with van der Waals surface area (Å²) in [6.45, 7) is 0. The number of hydrogen-bond donors (Lipinski definition) is 2. The number of amides is 1. The number of hydrogen-bond acceptors (Lipinski definition) is 3. The Kier molecular flexibility index (Phi) is 4.84. The quantitative estimate of drug-likeness (QED) is 0.369. The van der Waals surface area contributed by atoms with Crippen LogP contribution in [0.2, 0.25) is 5.02 Å². The molecule has 1 aromatic heterocycles. The van der Waals surface area contributed by atoms with Gasteiger partial charge in [-0.2, -0.15) is 5.10 Å². The topological polar surface area (TPSA) is 67.2 Å². The van der Waals surface area contributed by atoms with Gasteiger partial charge in [0, 0.05) is 11.8 Å². The first kappa shape index (κ1) is 16.2. The summed E-state index contributed by atoms with van der Waals surface area (Å²) in [6.07, 6.45) is 0.412. The Morgan fingerprint density at radius 3 is 2.65 bits per heavy atom. The Bertz CT molecular complexity index is 851. The summed E-state index contributed by atoms with van der Waals surface area (Å²) in [6, 6.07) is 14.4. The lowest BCUT2D eigenvalue weighted by molar-refractivity contribution is -0.133. The minimum absolute atomic E-state index is 0.412. The van der Waals surface area contributed by atoms with Gasteiger partial charge in [0.1, 0.15) is 15.3 Å². The normalized spacial score (nSPS) is 12.3. The number of nitrogens with zero attached hydrogens (tertiary/aromatic N) is 2. The lowest BCUT2D eigenvalue weighted by Crippen LogP contribution is -2.33. The van der Waals surface area contributed by atoms with Crippen LogP contribution in [0.3, 0.4) is 0 Å². The van der Waals surface area contributed by atoms with Gasteiger partial charge in [-0.1, -0.05) is 48.0 Å². The number of carbonyl (C=O) groups excluding carboxylic acids is 1. The predicted octanol–water partition coefficient (Wildman–Crippen LogP) is 3.58. The van der Waals surface area contributed by atoms with Crippen LogP contribution in [-0.4, -0.2) is 20.9 Å². The van der Waals surface area contributed by atoms with E-state index in [1.165, 1.54) is 0 Å². The summed E-state index contributed by atoms with van der Waals surface area (Å²) in [5.41, 5.74) is 3.35. The molecule has 7 heteroatoms. The molecule has 0 saturated heterocycles. The molecule has 118 valence electrons. The SMILES string of the molecule is O=C(NO)C(Cc1ccccc1)n1nc2c(Cl)cccc2c1I. The predicted molar refractivity (Wildman–Crippen MR) is 96.6 cm³/mol. The van der Waals surface area contributed by atoms with E-state index in [0.29, 0.717) is 17.0 Å². The van der Waals surface area contributed by atoms with Gasteiger partial charge in [-0.15, -0.1) is 0 Å². The molecule has 0 aliphatic rings. The summed E-state index contributed by atoms with van der Waals surface area (Å²) >= 11 is 8.33. The van der Waals surface area contributed by atoms with E-state index < -0.39 is 11.9 Å². The van der Waals surface area contributed by atoms with Crippen molar-refractivity contribution in [2.75, 3.05) is 0 Å². The summed E-state index contributed by atoms with van der Waals surface area (Å²) in [4.78, 5) is 12.2. The Morgan fingerprint density at radius 2 is 2.00 bits per heavy atom. The van der Waals surface area contributed by atoms with Gasteiger partial charge < -0.3 is 0 Å². The largest absolute Gasteiger partial charge is 0.289 e. The summed E-state index contributed by atoms with van der Waals surface area (Å²) in [7, 11) is 0. The average molecular weight is 442 g/mol. The smallest absolute Gasteiger partial charge is 0.268 e. The molecule has 1 amide bonds. The van der Waals surface area contributed by atoms with Crippen molar-refractivity contribution in [2.24, 2.45) is 0 Å². The molecule has 5 nitrogen and oxygen atoms in total. The number of benzene rings is 2. The fourth-order valence-electron chi connectivity index (χ4n) is 2.47. The zero-order valence-electron chi connectivity index (χ0n) is 11.9. The molecule has 0 fully saturated rings. The Balaban J connectivity index is 2.08. The lowest BCUT2D eigenvalue weighted by atomic mass is 10.1. The molecule has 1 atom stereocenters. The van der Waals surface area contributed by atoms with Gasteiger partial charge in [0.05, 0.1) is 5.02 Å². The first-order valence-corrected chi connectivity index (χ1v) is 8.37. The highest BCUT2D eigenvalue weighted by molar-refractivity contribution is 14.1. The van der Waals surface area contributed by atoms with Crippen molar-refractivity contribution in [1.29, 1.82) is 0 Å². The number of nitrogens with one attached hydrogen (secondary N) is 1. The standard InChI is InChI=1S/C16H13ClIN3O2/c17-12-8-4-7-11-14(12)19-21(15(11)18)13(16(22)20-23)9-10-5-2-1-3-6-10/h1-8,13,23H,9H2,(H,20,22). The maximum absolute atomic E-state index is 12.2. The van der Waals surface area contributed by atoms with Crippen LogP contribution < -0.4 is 5.48 Å². The van der Waals surface area contributed by atoms with Gasteiger partial charge in [0.15, 0.2) is 0 Å². The van der Waals surface area contributed by atoms with Gasteiger partial charge in [0.2, 0.25) is 0 Å². The van der Waals surface area contributed by atoms with E-state index in [2.05, 4.69) is 27.7 Å². The number of hydroxylamine groups is 1. The van der Waals surface area contributed by atoms with Crippen molar-refractivity contribution < 1.29 is 10.0 Å². The zero-order valence-corrected chi connectivity index (χ0v) is 14.8. The molecule has 2 N–H and O–H groups in total. The third-order valence-corrected chi connectivity index (χ3v) is 4.98. The highest BCUT2D eigenvalue weighted by Gasteiger charge is 2.25. The number of halogens is 2. The van der Waals surface area contributed by atoms with E-state index >= 15 is 0 Å². The van der Waals surface area contributed by atoms with Crippen molar-refractivity contribution in [1.82, 2.24) is 15.3 Å². The number of rotatable bonds is 4. The summed E-state index contributed by atoms with van der Waals surface area (Å²) < 4.78 is 2.40. The summed E-state index contributed by atoms with van der Waals surface area (Å²) in [5.74, 6) is -0.518. The van der Waals surface area contributed by atoms with Crippen molar-refractivity contribution >= 4 is 51.0 Å². The van der Waals surface area contributed by atoms with Gasteiger partial charge in [-0.25, -0.2) is 10.2 Å². The molecule has 0 aliphatic heterocycles. The molecule has 1 heterocycles. The Labute approximate surface area is 151 Å². The van der Waals surface area contributed by atoms with E-state index in [1.807, 2.05) is 42.5 Å². The van der Waals surface area contributed by atoms with Crippen molar-refractivity contribution in [3.8, 4) is 0 Å². The van der Waals surface area contributed by atoms with E-state index in [4.69, 9.17) is 16.8 Å². The maximum atomic E-state index is 12.2. The summed E-state index contributed by atoms with van der Waals surface area (Å²) in [5, 5.41) is 15.0. The van der Waals surface area contributed by atoms with Crippen LogP contribution in [-0.2, 0) is 11.2 Å². The molecule has 0 aliphatic carbocycles. The minimum Gasteiger partial charge on any atom is -0.289 e. The van der Waals surface area contributed by atoms with Crippen LogP contribution >= 0.6 is 34.2 Å². The second kappa shape index (κ2) is 6.86. The lowest BCUT2D eigenvalue weighted by Gasteiger charge is -2.16. The molecule has 0 saturated carbocycles. The number of aromatic nitrogens is 2. The molecule has 2 aromatic carbocycles. The van der Waals surface area contributed by atoms with E-state index in [0.717, 1.165) is 14.7 Å². The molecule has 3 aromatic rings. The van der Waals surface area contributed by atoms with Gasteiger partial charge in [-0.05, 0) is 40.3 Å². The fraction of sp³-hybridized carbons (Fsp3) is 0.125. The maximum Gasteiger partial charge on any atom is 0.268 e. The Hall–Kier alpha value is -1.64. The highest BCUT2D eigenvalue weighted by atomic mass is 127. The third kappa shape index (κ3) is 3.19. The van der Waals surface area contributed by atoms with Crippen LogP contribution in [0.1, 0.15) is 11.6 Å². The minimum atomic E-state index is -0.669. The molecular formula is C16H13ClIN3O2. The fourth-order valence-corrected chi connectivity index (χ4v) is 3.56. The first-order chi connectivity index (χ1) is 11.1. The average Bonchev–Trinajstić information content (AvgIpc) is 2.91. The second-order valence-corrected chi connectivity index (χ2v) is 6.48. The van der Waals surface area contributed by atoms with Crippen LogP contribution in [0.25, 0.3) is 10.9 Å². The van der Waals surface area contributed by atoms with Crippen LogP contribution in [0, 0.1) is 3.70 Å². The molecular weight excluding hydrogens is 429 g/mol. The number of carbonyl (C=O) groups is 1. The van der Waals surface area contributed by atoms with E-state index in [1.54, 1.807) is 16.2 Å². The highest BCUT2D eigenvalue weighted by Crippen LogP contribution is 2.29. The molecule has 1 unspecified atom stereocenters. The van der Waals surface area contributed by atoms with Crippen LogP contribution in [0.4, 0.5) is 0 Å². The van der Waals surface area contributed by atoms with Crippen molar-refractivity contribution in [3.63, 3.8) is 0 Å². The second-order valence-electron chi connectivity index (χ2n) is 5.05. The molecule has 0 spiro atoms. The molecule has 0 radical (unpaired) electrons. The zero-order chi connectivity index (χ0) is 16.4. The Morgan fingerprint density at radius 1 is 1.26 bits per heavy atom. The molecule has 3 rings (SSSR count). The molecule has 23 heavy (non-hydrogen) atoms. The van der Waals surface area contributed by atoms with Crippen LogP contribution in [0.15, 0.2) is 48.5 Å². The number of fused-ring (bicyclic) bond motifs is 1. The van der Waals surface area contributed by atoms with E-state index in [9.17, 15) is 4.79 Å². The monoisotopic (exact) mass is 441 g/mol. The van der Waals surface area contributed by atoms with Gasteiger partial charge in [0.25, 0.3) is 5.91 Å².